The van der Waals surface area contributed by atoms with Crippen LogP contribution in [-0.4, -0.2) is 26.9 Å². The topological polar surface area (TPSA) is 38.1 Å². The largest absolute Gasteiger partial charge is 0.335 e. The number of aromatic nitrogens is 2. The summed E-state index contributed by atoms with van der Waals surface area (Å²) < 4.78 is 28.4. The van der Waals surface area contributed by atoms with Gasteiger partial charge in [-0.05, 0) is 36.5 Å². The summed E-state index contributed by atoms with van der Waals surface area (Å²) in [6.45, 7) is 5.38. The van der Waals surface area contributed by atoms with Crippen LogP contribution < -0.4 is 0 Å². The monoisotopic (exact) mass is 347 g/mol. The minimum atomic E-state index is -0.857. The average Bonchev–Trinajstić information content (AvgIpc) is 3.29. The van der Waals surface area contributed by atoms with E-state index in [2.05, 4.69) is 4.98 Å². The first-order chi connectivity index (χ1) is 11.9. The highest BCUT2D eigenvalue weighted by atomic mass is 19.2. The Bertz CT molecular complexity index is 753. The number of carbonyl (C=O) groups excluding carboxylic acids is 1. The van der Waals surface area contributed by atoms with Crippen LogP contribution in [-0.2, 0) is 17.9 Å². The van der Waals surface area contributed by atoms with Gasteiger partial charge in [-0.1, -0.05) is 19.9 Å². The van der Waals surface area contributed by atoms with Crippen molar-refractivity contribution in [1.29, 1.82) is 0 Å². The molecule has 1 saturated carbocycles. The lowest BCUT2D eigenvalue weighted by Gasteiger charge is -2.24. The van der Waals surface area contributed by atoms with Crippen molar-refractivity contribution in [2.75, 3.05) is 6.54 Å². The van der Waals surface area contributed by atoms with Gasteiger partial charge in [0, 0.05) is 31.4 Å². The lowest BCUT2D eigenvalue weighted by molar-refractivity contribution is -0.135. The molecule has 0 aliphatic heterocycles. The van der Waals surface area contributed by atoms with Gasteiger partial charge in [0.05, 0.1) is 6.54 Å². The Balaban J connectivity index is 1.74. The van der Waals surface area contributed by atoms with Gasteiger partial charge in [0.25, 0.3) is 0 Å². The fourth-order valence-electron chi connectivity index (χ4n) is 2.85. The molecular weight excluding hydrogens is 324 g/mol. The zero-order valence-electron chi connectivity index (χ0n) is 14.6. The maximum absolute atomic E-state index is 13.4. The maximum Gasteiger partial charge on any atom is 0.225 e. The molecule has 0 saturated heterocycles. The standard InChI is InChI=1S/C19H23F2N3O/c1-13(2)19(25)24(10-14-3-4-14)12-18-22-7-8-23(18)11-15-5-6-16(20)17(21)9-15/h5-9,13-14H,3-4,10-12H2,1-2H3. The molecule has 0 radical (unpaired) electrons. The fourth-order valence-corrected chi connectivity index (χ4v) is 2.85. The number of benzene rings is 1. The molecule has 0 bridgehead atoms. The van der Waals surface area contributed by atoms with Crippen molar-refractivity contribution in [1.82, 2.24) is 14.5 Å². The molecule has 0 atom stereocenters. The highest BCUT2D eigenvalue weighted by Crippen LogP contribution is 2.30. The Morgan fingerprint density at radius 1 is 1.32 bits per heavy atom. The SMILES string of the molecule is CC(C)C(=O)N(Cc1nccn1Cc1ccc(F)c(F)c1)CC1CC1. The second kappa shape index (κ2) is 7.33. The van der Waals surface area contributed by atoms with Gasteiger partial charge in [0.15, 0.2) is 11.6 Å². The Labute approximate surface area is 146 Å². The van der Waals surface area contributed by atoms with Crippen LogP contribution in [0.1, 0.15) is 38.1 Å². The zero-order valence-corrected chi connectivity index (χ0v) is 14.6. The molecule has 1 aromatic carbocycles. The summed E-state index contributed by atoms with van der Waals surface area (Å²) in [5.41, 5.74) is 0.655. The van der Waals surface area contributed by atoms with Gasteiger partial charge in [-0.15, -0.1) is 0 Å². The number of carbonyl (C=O) groups is 1. The number of imidazole rings is 1. The van der Waals surface area contributed by atoms with Gasteiger partial charge in [-0.25, -0.2) is 13.8 Å². The molecule has 0 N–H and O–H groups in total. The normalized spacial score (nSPS) is 14.1. The van der Waals surface area contributed by atoms with Crippen molar-refractivity contribution in [2.45, 2.75) is 39.8 Å². The van der Waals surface area contributed by atoms with E-state index in [1.807, 2.05) is 23.3 Å². The lowest BCUT2D eigenvalue weighted by atomic mass is 10.1. The quantitative estimate of drug-likeness (QED) is 0.767. The molecule has 6 heteroatoms. The number of halogens is 2. The molecule has 1 aliphatic carbocycles. The first-order valence-electron chi connectivity index (χ1n) is 8.66. The molecule has 1 aliphatic rings. The van der Waals surface area contributed by atoms with Gasteiger partial charge in [-0.3, -0.25) is 4.79 Å². The zero-order chi connectivity index (χ0) is 18.0. The molecule has 3 rings (SSSR count). The lowest BCUT2D eigenvalue weighted by Crippen LogP contribution is -2.36. The number of nitrogens with zero attached hydrogens (tertiary/aromatic N) is 3. The van der Waals surface area contributed by atoms with Gasteiger partial charge >= 0.3 is 0 Å². The van der Waals surface area contributed by atoms with Crippen molar-refractivity contribution in [3.63, 3.8) is 0 Å². The van der Waals surface area contributed by atoms with Crippen LogP contribution in [0.3, 0.4) is 0 Å². The molecule has 1 heterocycles. The summed E-state index contributed by atoms with van der Waals surface area (Å²) in [4.78, 5) is 18.7. The number of hydrogen-bond donors (Lipinski definition) is 0. The minimum Gasteiger partial charge on any atom is -0.335 e. The Kier molecular flexibility index (Phi) is 5.16. The van der Waals surface area contributed by atoms with E-state index in [0.29, 0.717) is 24.6 Å². The van der Waals surface area contributed by atoms with Crippen molar-refractivity contribution in [3.05, 3.63) is 53.6 Å². The average molecular weight is 347 g/mol. The molecule has 2 aromatic rings. The van der Waals surface area contributed by atoms with E-state index in [0.717, 1.165) is 18.4 Å². The summed E-state index contributed by atoms with van der Waals surface area (Å²) in [6.07, 6.45) is 5.81. The number of hydrogen-bond acceptors (Lipinski definition) is 2. The predicted molar refractivity (Wildman–Crippen MR) is 90.7 cm³/mol. The first kappa shape index (κ1) is 17.6. The Morgan fingerprint density at radius 3 is 2.72 bits per heavy atom. The van der Waals surface area contributed by atoms with Gasteiger partial charge in [0.1, 0.15) is 5.82 Å². The molecule has 25 heavy (non-hydrogen) atoms. The second-order valence-electron chi connectivity index (χ2n) is 7.04. The molecule has 1 aromatic heterocycles. The van der Waals surface area contributed by atoms with Crippen LogP contribution in [0.4, 0.5) is 8.78 Å². The summed E-state index contributed by atoms with van der Waals surface area (Å²) in [6, 6.07) is 3.88. The van der Waals surface area contributed by atoms with Crippen LogP contribution in [0.2, 0.25) is 0 Å². The van der Waals surface area contributed by atoms with E-state index >= 15 is 0 Å². The van der Waals surface area contributed by atoms with E-state index in [9.17, 15) is 13.6 Å². The highest BCUT2D eigenvalue weighted by Gasteiger charge is 2.28. The number of amides is 1. The van der Waals surface area contributed by atoms with Crippen LogP contribution in [0.5, 0.6) is 0 Å². The smallest absolute Gasteiger partial charge is 0.225 e. The summed E-state index contributed by atoms with van der Waals surface area (Å²) in [5, 5.41) is 0. The second-order valence-corrected chi connectivity index (χ2v) is 7.04. The summed E-state index contributed by atoms with van der Waals surface area (Å²) in [5.74, 6) is -0.309. The molecule has 4 nitrogen and oxygen atoms in total. The molecule has 0 unspecified atom stereocenters. The van der Waals surface area contributed by atoms with E-state index in [4.69, 9.17) is 0 Å². The molecule has 1 fully saturated rings. The van der Waals surface area contributed by atoms with Gasteiger partial charge < -0.3 is 9.47 Å². The summed E-state index contributed by atoms with van der Waals surface area (Å²) >= 11 is 0. The third-order valence-electron chi connectivity index (χ3n) is 4.45. The van der Waals surface area contributed by atoms with Crippen molar-refractivity contribution < 1.29 is 13.6 Å². The van der Waals surface area contributed by atoms with E-state index < -0.39 is 11.6 Å². The van der Waals surface area contributed by atoms with E-state index in [1.165, 1.54) is 18.9 Å². The van der Waals surface area contributed by atoms with Crippen molar-refractivity contribution >= 4 is 5.91 Å². The third-order valence-corrected chi connectivity index (χ3v) is 4.45. The van der Waals surface area contributed by atoms with Crippen LogP contribution in [0, 0.1) is 23.5 Å². The van der Waals surface area contributed by atoms with E-state index in [-0.39, 0.29) is 11.8 Å². The first-order valence-corrected chi connectivity index (χ1v) is 8.66. The third kappa shape index (κ3) is 4.44. The van der Waals surface area contributed by atoms with E-state index in [1.54, 1.807) is 18.5 Å². The highest BCUT2D eigenvalue weighted by molar-refractivity contribution is 5.78. The van der Waals surface area contributed by atoms with Crippen molar-refractivity contribution in [2.24, 2.45) is 11.8 Å². The van der Waals surface area contributed by atoms with Crippen molar-refractivity contribution in [3.8, 4) is 0 Å². The van der Waals surface area contributed by atoms with Crippen LogP contribution >= 0.6 is 0 Å². The van der Waals surface area contributed by atoms with Gasteiger partial charge in [-0.2, -0.15) is 0 Å². The maximum atomic E-state index is 13.4. The number of rotatable bonds is 7. The predicted octanol–water partition coefficient (Wildman–Crippen LogP) is 3.60. The fraction of sp³-hybridized carbons (Fsp3) is 0.474. The molecule has 134 valence electrons. The molecular formula is C19H23F2N3O. The Morgan fingerprint density at radius 2 is 2.08 bits per heavy atom. The molecule has 1 amide bonds. The molecule has 0 spiro atoms. The van der Waals surface area contributed by atoms with Crippen LogP contribution in [0.25, 0.3) is 0 Å². The minimum absolute atomic E-state index is 0.0617. The summed E-state index contributed by atoms with van der Waals surface area (Å²) in [7, 11) is 0. The van der Waals surface area contributed by atoms with Crippen LogP contribution in [0.15, 0.2) is 30.6 Å². The van der Waals surface area contributed by atoms with Gasteiger partial charge in [0.2, 0.25) is 5.91 Å². The Hall–Kier alpha value is -2.24.